The summed E-state index contributed by atoms with van der Waals surface area (Å²) in [6.07, 6.45) is 2.74. The number of anilines is 1. The summed E-state index contributed by atoms with van der Waals surface area (Å²) in [6, 6.07) is 4.36. The van der Waals surface area contributed by atoms with Gasteiger partial charge in [-0.15, -0.1) is 0 Å². The second kappa shape index (κ2) is 3.22. The van der Waals surface area contributed by atoms with Crippen LogP contribution in [0.1, 0.15) is 6.42 Å². The normalized spacial score (nSPS) is 25.4. The SMILES string of the molecule is COc1ccnc(NC2CC2N)c1. The van der Waals surface area contributed by atoms with Crippen molar-refractivity contribution in [2.24, 2.45) is 5.73 Å². The third-order valence-corrected chi connectivity index (χ3v) is 2.14. The number of nitrogens with two attached hydrogens (primary N) is 1. The van der Waals surface area contributed by atoms with Crippen molar-refractivity contribution in [2.75, 3.05) is 12.4 Å². The number of ether oxygens (including phenoxy) is 1. The summed E-state index contributed by atoms with van der Waals surface area (Å²) in [5.41, 5.74) is 5.66. The molecule has 0 aromatic carbocycles. The van der Waals surface area contributed by atoms with Gasteiger partial charge in [-0.25, -0.2) is 4.98 Å². The van der Waals surface area contributed by atoms with E-state index >= 15 is 0 Å². The Kier molecular flexibility index (Phi) is 2.06. The van der Waals surface area contributed by atoms with E-state index in [1.165, 1.54) is 0 Å². The number of aromatic nitrogens is 1. The first kappa shape index (κ1) is 8.31. The highest BCUT2D eigenvalue weighted by Crippen LogP contribution is 2.24. The number of pyridine rings is 1. The van der Waals surface area contributed by atoms with Crippen LogP contribution >= 0.6 is 0 Å². The molecule has 1 aromatic heterocycles. The van der Waals surface area contributed by atoms with Crippen LogP contribution in [0.2, 0.25) is 0 Å². The summed E-state index contributed by atoms with van der Waals surface area (Å²) in [4.78, 5) is 4.16. The molecule has 0 saturated heterocycles. The Balaban J connectivity index is 2.03. The fourth-order valence-electron chi connectivity index (χ4n) is 1.19. The molecule has 2 atom stereocenters. The van der Waals surface area contributed by atoms with Crippen LogP contribution in [0.4, 0.5) is 5.82 Å². The summed E-state index contributed by atoms with van der Waals surface area (Å²) in [5.74, 6) is 1.64. The highest BCUT2D eigenvalue weighted by atomic mass is 16.5. The molecule has 4 heteroatoms. The van der Waals surface area contributed by atoms with E-state index in [4.69, 9.17) is 10.5 Å². The highest BCUT2D eigenvalue weighted by Gasteiger charge is 2.33. The van der Waals surface area contributed by atoms with E-state index in [9.17, 15) is 0 Å². The van der Waals surface area contributed by atoms with Crippen LogP contribution < -0.4 is 15.8 Å². The van der Waals surface area contributed by atoms with Gasteiger partial charge < -0.3 is 15.8 Å². The van der Waals surface area contributed by atoms with Crippen molar-refractivity contribution in [3.8, 4) is 5.75 Å². The maximum atomic E-state index is 5.66. The van der Waals surface area contributed by atoms with Gasteiger partial charge in [-0.2, -0.15) is 0 Å². The van der Waals surface area contributed by atoms with E-state index in [2.05, 4.69) is 10.3 Å². The van der Waals surface area contributed by atoms with Crippen molar-refractivity contribution < 1.29 is 4.74 Å². The van der Waals surface area contributed by atoms with Gasteiger partial charge in [0.05, 0.1) is 7.11 Å². The average molecular weight is 179 g/mol. The minimum Gasteiger partial charge on any atom is -0.497 e. The lowest BCUT2D eigenvalue weighted by Gasteiger charge is -2.05. The molecule has 13 heavy (non-hydrogen) atoms. The van der Waals surface area contributed by atoms with Crippen molar-refractivity contribution in [1.29, 1.82) is 0 Å². The number of hydrogen-bond acceptors (Lipinski definition) is 4. The molecular weight excluding hydrogens is 166 g/mol. The standard InChI is InChI=1S/C9H13N3O/c1-13-6-2-3-11-9(4-6)12-8-5-7(8)10/h2-4,7-8H,5,10H2,1H3,(H,11,12). The second-order valence-electron chi connectivity index (χ2n) is 3.23. The molecule has 4 nitrogen and oxygen atoms in total. The van der Waals surface area contributed by atoms with Gasteiger partial charge in [-0.05, 0) is 12.5 Å². The molecule has 2 unspecified atom stereocenters. The molecule has 0 radical (unpaired) electrons. The summed E-state index contributed by atoms with van der Waals surface area (Å²) in [5, 5.41) is 3.22. The van der Waals surface area contributed by atoms with Crippen LogP contribution in [-0.4, -0.2) is 24.2 Å². The number of hydrogen-bond donors (Lipinski definition) is 2. The molecule has 1 heterocycles. The van der Waals surface area contributed by atoms with Gasteiger partial charge in [0, 0.05) is 24.3 Å². The van der Waals surface area contributed by atoms with E-state index in [0.717, 1.165) is 18.0 Å². The van der Waals surface area contributed by atoms with Gasteiger partial charge in [0.25, 0.3) is 0 Å². The third-order valence-electron chi connectivity index (χ3n) is 2.14. The Morgan fingerprint density at radius 2 is 2.46 bits per heavy atom. The zero-order valence-corrected chi connectivity index (χ0v) is 7.53. The molecule has 70 valence electrons. The summed E-state index contributed by atoms with van der Waals surface area (Å²) in [7, 11) is 1.64. The van der Waals surface area contributed by atoms with Crippen molar-refractivity contribution >= 4 is 5.82 Å². The Morgan fingerprint density at radius 3 is 3.08 bits per heavy atom. The second-order valence-corrected chi connectivity index (χ2v) is 3.23. The number of nitrogens with zero attached hydrogens (tertiary/aromatic N) is 1. The molecule has 1 aromatic rings. The van der Waals surface area contributed by atoms with Gasteiger partial charge in [0.2, 0.25) is 0 Å². The maximum Gasteiger partial charge on any atom is 0.129 e. The van der Waals surface area contributed by atoms with E-state index in [0.29, 0.717) is 6.04 Å². The van der Waals surface area contributed by atoms with E-state index in [-0.39, 0.29) is 6.04 Å². The minimum absolute atomic E-state index is 0.285. The molecule has 1 aliphatic carbocycles. The first-order chi connectivity index (χ1) is 6.29. The molecule has 1 saturated carbocycles. The first-order valence-corrected chi connectivity index (χ1v) is 4.32. The lowest BCUT2D eigenvalue weighted by Crippen LogP contribution is -2.13. The molecule has 3 N–H and O–H groups in total. The highest BCUT2D eigenvalue weighted by molar-refractivity contribution is 5.43. The fraction of sp³-hybridized carbons (Fsp3) is 0.444. The monoisotopic (exact) mass is 179 g/mol. The van der Waals surface area contributed by atoms with Crippen molar-refractivity contribution in [2.45, 2.75) is 18.5 Å². The van der Waals surface area contributed by atoms with E-state index in [1.54, 1.807) is 13.3 Å². The Morgan fingerprint density at radius 1 is 1.69 bits per heavy atom. The molecule has 0 bridgehead atoms. The van der Waals surface area contributed by atoms with Gasteiger partial charge in [-0.1, -0.05) is 0 Å². The lowest BCUT2D eigenvalue weighted by atomic mass is 10.4. The van der Waals surface area contributed by atoms with Crippen LogP contribution in [0.25, 0.3) is 0 Å². The Labute approximate surface area is 77.1 Å². The Bertz CT molecular complexity index is 303. The largest absolute Gasteiger partial charge is 0.497 e. The maximum absolute atomic E-state index is 5.66. The molecule has 1 fully saturated rings. The van der Waals surface area contributed by atoms with Crippen LogP contribution in [0.5, 0.6) is 5.75 Å². The number of nitrogens with one attached hydrogen (secondary N) is 1. The van der Waals surface area contributed by atoms with Gasteiger partial charge in [0.1, 0.15) is 11.6 Å². The summed E-state index contributed by atoms with van der Waals surface area (Å²) in [6.45, 7) is 0. The predicted octanol–water partition coefficient (Wildman–Crippen LogP) is 0.602. The molecule has 1 aliphatic rings. The quantitative estimate of drug-likeness (QED) is 0.713. The fourth-order valence-corrected chi connectivity index (χ4v) is 1.19. The van der Waals surface area contributed by atoms with Crippen molar-refractivity contribution in [3.63, 3.8) is 0 Å². The van der Waals surface area contributed by atoms with Crippen LogP contribution in [0.15, 0.2) is 18.3 Å². The smallest absolute Gasteiger partial charge is 0.129 e. The van der Waals surface area contributed by atoms with Crippen molar-refractivity contribution in [1.82, 2.24) is 4.98 Å². The summed E-state index contributed by atoms with van der Waals surface area (Å²) >= 11 is 0. The Hall–Kier alpha value is -1.29. The molecule has 0 spiro atoms. The van der Waals surface area contributed by atoms with Crippen LogP contribution in [0.3, 0.4) is 0 Å². The average Bonchev–Trinajstić information content (AvgIpc) is 2.82. The summed E-state index contributed by atoms with van der Waals surface area (Å²) < 4.78 is 5.07. The minimum atomic E-state index is 0.285. The topological polar surface area (TPSA) is 60.2 Å². The lowest BCUT2D eigenvalue weighted by molar-refractivity contribution is 0.414. The number of methoxy groups -OCH3 is 1. The van der Waals surface area contributed by atoms with Crippen LogP contribution in [-0.2, 0) is 0 Å². The van der Waals surface area contributed by atoms with E-state index in [1.807, 2.05) is 12.1 Å². The van der Waals surface area contributed by atoms with Gasteiger partial charge in [0.15, 0.2) is 0 Å². The molecule has 0 aliphatic heterocycles. The first-order valence-electron chi connectivity index (χ1n) is 4.32. The van der Waals surface area contributed by atoms with Crippen LogP contribution in [0, 0.1) is 0 Å². The predicted molar refractivity (Wildman–Crippen MR) is 50.8 cm³/mol. The zero-order valence-electron chi connectivity index (χ0n) is 7.53. The zero-order chi connectivity index (χ0) is 9.26. The van der Waals surface area contributed by atoms with Crippen molar-refractivity contribution in [3.05, 3.63) is 18.3 Å². The van der Waals surface area contributed by atoms with Gasteiger partial charge >= 0.3 is 0 Å². The number of rotatable bonds is 3. The van der Waals surface area contributed by atoms with Gasteiger partial charge in [-0.3, -0.25) is 0 Å². The molecule has 0 amide bonds. The third kappa shape index (κ3) is 1.89. The molecular formula is C9H13N3O. The van der Waals surface area contributed by atoms with E-state index < -0.39 is 0 Å². The molecule has 2 rings (SSSR count).